The van der Waals surface area contributed by atoms with Crippen LogP contribution in [0.2, 0.25) is 0 Å². The van der Waals surface area contributed by atoms with Crippen molar-refractivity contribution in [2.75, 3.05) is 18.0 Å². The molecular weight excluding hydrogens is 626 g/mol. The third-order valence-electron chi connectivity index (χ3n) is 8.76. The Morgan fingerprint density at radius 3 is 2.27 bits per heavy atom. The maximum absolute atomic E-state index is 13.9. The van der Waals surface area contributed by atoms with E-state index < -0.39 is 47.0 Å². The van der Waals surface area contributed by atoms with Gasteiger partial charge in [0, 0.05) is 24.1 Å². The minimum Gasteiger partial charge on any atom is -0.457 e. The summed E-state index contributed by atoms with van der Waals surface area (Å²) < 4.78 is 23.4. The number of pyridine rings is 1. The van der Waals surface area contributed by atoms with E-state index in [1.807, 2.05) is 84.0 Å². The average Bonchev–Trinajstić information content (AvgIpc) is 3.37. The van der Waals surface area contributed by atoms with Gasteiger partial charge in [0.15, 0.2) is 0 Å². The molecule has 4 rings (SSSR count). The van der Waals surface area contributed by atoms with E-state index in [4.69, 9.17) is 23.9 Å². The smallest absolute Gasteiger partial charge is 0.416 e. The number of hydrogen-bond acceptors (Lipinski definition) is 9. The van der Waals surface area contributed by atoms with Gasteiger partial charge < -0.3 is 23.8 Å². The standard InChI is InChI=1S/C38H53N3O8/c1-24(2)38(17-16-26(4)32(42)47-38)33(43)46-30-23-40(34(44)48-36(5,6)7)22-28(30)20-29-18-25(3)19-31(39-29)41(35(45)49-37(8,9)10)21-27-14-12-11-13-15-27/h11-15,18-19,24,26,28,30H,16-17,20-23H2,1-10H3/t26?,28-,30+,38?/m1/s1. The molecule has 268 valence electrons. The van der Waals surface area contributed by atoms with E-state index in [1.165, 1.54) is 4.90 Å². The van der Waals surface area contributed by atoms with Crippen molar-refractivity contribution >= 4 is 29.9 Å². The van der Waals surface area contributed by atoms with Crippen LogP contribution >= 0.6 is 0 Å². The number of cyclic esters (lactones) is 1. The second kappa shape index (κ2) is 14.8. The monoisotopic (exact) mass is 679 g/mol. The highest BCUT2D eigenvalue weighted by molar-refractivity contribution is 5.87. The van der Waals surface area contributed by atoms with Crippen LogP contribution in [0, 0.1) is 24.7 Å². The van der Waals surface area contributed by atoms with Gasteiger partial charge in [0.2, 0.25) is 5.60 Å². The van der Waals surface area contributed by atoms with Crippen LogP contribution in [0.5, 0.6) is 0 Å². The van der Waals surface area contributed by atoms with Crippen molar-refractivity contribution in [3.05, 3.63) is 59.3 Å². The van der Waals surface area contributed by atoms with Gasteiger partial charge in [-0.1, -0.05) is 51.1 Å². The Bertz CT molecular complexity index is 1510. The number of anilines is 1. The van der Waals surface area contributed by atoms with Gasteiger partial charge in [0.1, 0.15) is 23.1 Å². The number of likely N-dealkylation sites (tertiary alicyclic amines) is 1. The summed E-state index contributed by atoms with van der Waals surface area (Å²) in [5.74, 6) is -1.58. The fourth-order valence-electron chi connectivity index (χ4n) is 6.10. The van der Waals surface area contributed by atoms with Gasteiger partial charge in [-0.25, -0.2) is 19.4 Å². The second-order valence-corrected chi connectivity index (χ2v) is 15.7. The predicted molar refractivity (Wildman–Crippen MR) is 185 cm³/mol. The van der Waals surface area contributed by atoms with Crippen molar-refractivity contribution < 1.29 is 38.1 Å². The van der Waals surface area contributed by atoms with Crippen LogP contribution in [0.4, 0.5) is 15.4 Å². The van der Waals surface area contributed by atoms with E-state index in [2.05, 4.69) is 0 Å². The van der Waals surface area contributed by atoms with E-state index in [1.54, 1.807) is 32.6 Å². The zero-order chi connectivity index (χ0) is 36.3. The van der Waals surface area contributed by atoms with Gasteiger partial charge in [-0.15, -0.1) is 0 Å². The highest BCUT2D eigenvalue weighted by atomic mass is 16.6. The number of nitrogens with zero attached hydrogens (tertiary/aromatic N) is 3. The van der Waals surface area contributed by atoms with E-state index in [9.17, 15) is 19.2 Å². The lowest BCUT2D eigenvalue weighted by Crippen LogP contribution is -2.54. The highest BCUT2D eigenvalue weighted by Crippen LogP contribution is 2.38. The van der Waals surface area contributed by atoms with Crippen LogP contribution in [-0.4, -0.2) is 70.0 Å². The number of ether oxygens (including phenoxy) is 4. The Morgan fingerprint density at radius 1 is 1.02 bits per heavy atom. The van der Waals surface area contributed by atoms with E-state index in [-0.39, 0.29) is 37.4 Å². The first-order valence-corrected chi connectivity index (χ1v) is 17.2. The summed E-state index contributed by atoms with van der Waals surface area (Å²) in [4.78, 5) is 61.3. The third kappa shape index (κ3) is 9.73. The molecule has 0 radical (unpaired) electrons. The first-order valence-electron chi connectivity index (χ1n) is 17.2. The Morgan fingerprint density at radius 2 is 1.67 bits per heavy atom. The van der Waals surface area contributed by atoms with E-state index in [0.717, 1.165) is 11.1 Å². The van der Waals surface area contributed by atoms with Crippen LogP contribution < -0.4 is 4.90 Å². The number of benzene rings is 1. The van der Waals surface area contributed by atoms with Gasteiger partial charge in [0.25, 0.3) is 0 Å². The molecule has 2 amide bonds. The Kier molecular flexibility index (Phi) is 11.3. The number of carbonyl (C=O) groups excluding carboxylic acids is 4. The van der Waals surface area contributed by atoms with Crippen molar-refractivity contribution in [2.45, 2.75) is 118 Å². The van der Waals surface area contributed by atoms with E-state index in [0.29, 0.717) is 30.8 Å². The van der Waals surface area contributed by atoms with Crippen molar-refractivity contribution in [3.63, 3.8) is 0 Å². The molecule has 2 aliphatic rings. The third-order valence-corrected chi connectivity index (χ3v) is 8.76. The zero-order valence-electron chi connectivity index (χ0n) is 30.7. The number of rotatable bonds is 8. The van der Waals surface area contributed by atoms with Gasteiger partial charge >= 0.3 is 24.1 Å². The molecule has 0 aliphatic carbocycles. The molecule has 11 heteroatoms. The van der Waals surface area contributed by atoms with Crippen LogP contribution in [0.15, 0.2) is 42.5 Å². The van der Waals surface area contributed by atoms with Crippen molar-refractivity contribution in [1.29, 1.82) is 0 Å². The maximum atomic E-state index is 13.9. The quantitative estimate of drug-likeness (QED) is 0.214. The molecule has 3 heterocycles. The fourth-order valence-corrected chi connectivity index (χ4v) is 6.10. The molecule has 0 N–H and O–H groups in total. The topological polar surface area (TPSA) is 125 Å². The summed E-state index contributed by atoms with van der Waals surface area (Å²) in [7, 11) is 0. The molecule has 1 aromatic heterocycles. The Hall–Kier alpha value is -4.15. The van der Waals surface area contributed by atoms with Crippen LogP contribution in [0.25, 0.3) is 0 Å². The Balaban J connectivity index is 1.65. The maximum Gasteiger partial charge on any atom is 0.416 e. The number of aromatic nitrogens is 1. The normalized spacial score (nSPS) is 22.8. The fraction of sp³-hybridized carbons (Fsp3) is 0.605. The number of esters is 2. The van der Waals surface area contributed by atoms with E-state index >= 15 is 0 Å². The largest absolute Gasteiger partial charge is 0.457 e. The van der Waals surface area contributed by atoms with Crippen LogP contribution in [-0.2, 0) is 41.5 Å². The lowest BCUT2D eigenvalue weighted by atomic mass is 9.81. The molecule has 0 spiro atoms. The molecule has 2 aliphatic heterocycles. The van der Waals surface area contributed by atoms with Gasteiger partial charge in [-0.3, -0.25) is 9.69 Å². The summed E-state index contributed by atoms with van der Waals surface area (Å²) in [5.41, 5.74) is -0.404. The van der Waals surface area contributed by atoms with Gasteiger partial charge in [0.05, 0.1) is 19.0 Å². The average molecular weight is 680 g/mol. The summed E-state index contributed by atoms with van der Waals surface area (Å²) >= 11 is 0. The SMILES string of the molecule is Cc1cc(C[C@@H]2CN(C(=O)OC(C)(C)C)C[C@@H]2OC(=O)C2(C(C)C)CCC(C)C(=O)O2)nc(N(Cc2ccccc2)C(=O)OC(C)(C)C)c1. The molecule has 4 atom stereocenters. The molecule has 49 heavy (non-hydrogen) atoms. The number of amides is 2. The lowest BCUT2D eigenvalue weighted by molar-refractivity contribution is -0.203. The Labute approximate surface area is 290 Å². The van der Waals surface area contributed by atoms with Gasteiger partial charge in [-0.05, 0) is 91.0 Å². The summed E-state index contributed by atoms with van der Waals surface area (Å²) in [5, 5.41) is 0. The van der Waals surface area contributed by atoms with Gasteiger partial charge in [-0.2, -0.15) is 0 Å². The molecule has 0 saturated carbocycles. The van der Waals surface area contributed by atoms with Crippen molar-refractivity contribution in [2.24, 2.45) is 17.8 Å². The highest BCUT2D eigenvalue weighted by Gasteiger charge is 2.52. The molecule has 1 aromatic carbocycles. The van der Waals surface area contributed by atoms with Crippen LogP contribution in [0.3, 0.4) is 0 Å². The lowest BCUT2D eigenvalue weighted by Gasteiger charge is -2.40. The van der Waals surface area contributed by atoms with Crippen LogP contribution in [0.1, 0.15) is 92.0 Å². The van der Waals surface area contributed by atoms with Crippen molar-refractivity contribution in [3.8, 4) is 0 Å². The minimum absolute atomic E-state index is 0.112. The number of aryl methyl sites for hydroxylation is 1. The zero-order valence-corrected chi connectivity index (χ0v) is 30.7. The summed E-state index contributed by atoms with van der Waals surface area (Å²) in [6.07, 6.45) is -0.550. The second-order valence-electron chi connectivity index (χ2n) is 15.7. The molecule has 2 aromatic rings. The molecule has 11 nitrogen and oxygen atoms in total. The van der Waals surface area contributed by atoms with Crippen molar-refractivity contribution in [1.82, 2.24) is 9.88 Å². The first-order chi connectivity index (χ1) is 22.8. The summed E-state index contributed by atoms with van der Waals surface area (Å²) in [6, 6.07) is 13.4. The number of carbonyl (C=O) groups is 4. The number of hydrogen-bond donors (Lipinski definition) is 0. The molecule has 0 bridgehead atoms. The summed E-state index contributed by atoms with van der Waals surface area (Å²) in [6.45, 7) is 18.8. The predicted octanol–water partition coefficient (Wildman–Crippen LogP) is 7.02. The minimum atomic E-state index is -1.41. The molecule has 2 unspecified atom stereocenters. The molecule has 2 saturated heterocycles. The first kappa shape index (κ1) is 37.7. The molecular formula is C38H53N3O8. The molecule has 2 fully saturated rings.